The first-order valence-corrected chi connectivity index (χ1v) is 8.65. The van der Waals surface area contributed by atoms with Gasteiger partial charge in [-0.25, -0.2) is 4.79 Å². The molecule has 6 nitrogen and oxygen atoms in total. The van der Waals surface area contributed by atoms with Gasteiger partial charge in [-0.05, 0) is 12.1 Å². The van der Waals surface area contributed by atoms with Gasteiger partial charge in [-0.2, -0.15) is 8.42 Å². The highest BCUT2D eigenvalue weighted by Crippen LogP contribution is 2.30. The van der Waals surface area contributed by atoms with E-state index in [2.05, 4.69) is 6.58 Å². The fourth-order valence-corrected chi connectivity index (χ4v) is 3.39. The number of ether oxygens (including phenoxy) is 1. The summed E-state index contributed by atoms with van der Waals surface area (Å²) >= 11 is 0. The number of fused-ring (bicyclic) bond motifs is 1. The molecule has 7 heteroatoms. The summed E-state index contributed by atoms with van der Waals surface area (Å²) in [4.78, 5) is 12.9. The Balaban J connectivity index is 2.29. The SMILES string of the molecule is C=CC(=O)OCCOS(=O)(=O)c1cccc2c(N(C)C)cccc12. The van der Waals surface area contributed by atoms with Crippen LogP contribution < -0.4 is 4.90 Å². The fraction of sp³-hybridized carbons (Fsp3) is 0.235. The van der Waals surface area contributed by atoms with Crippen LogP contribution in [0.1, 0.15) is 0 Å². The predicted molar refractivity (Wildman–Crippen MR) is 92.6 cm³/mol. The first-order valence-electron chi connectivity index (χ1n) is 7.24. The van der Waals surface area contributed by atoms with E-state index in [9.17, 15) is 13.2 Å². The Morgan fingerprint density at radius 2 is 1.79 bits per heavy atom. The second-order valence-electron chi connectivity index (χ2n) is 5.17. The lowest BCUT2D eigenvalue weighted by atomic mass is 10.1. The molecule has 0 heterocycles. The Bertz CT molecular complexity index is 858. The molecule has 0 saturated carbocycles. The molecule has 0 unspecified atom stereocenters. The monoisotopic (exact) mass is 349 g/mol. The molecule has 2 aromatic rings. The second-order valence-corrected chi connectivity index (χ2v) is 6.75. The number of carbonyl (C=O) groups excluding carboxylic acids is 1. The molecule has 0 spiro atoms. The van der Waals surface area contributed by atoms with Crippen molar-refractivity contribution in [3.8, 4) is 0 Å². The van der Waals surface area contributed by atoms with Gasteiger partial charge in [0.15, 0.2) is 0 Å². The van der Waals surface area contributed by atoms with Crippen LogP contribution in [-0.2, 0) is 23.8 Å². The highest BCUT2D eigenvalue weighted by Gasteiger charge is 2.19. The molecule has 0 saturated heterocycles. The topological polar surface area (TPSA) is 72.9 Å². The molecule has 2 aromatic carbocycles. The van der Waals surface area contributed by atoms with Crippen LogP contribution in [0.5, 0.6) is 0 Å². The predicted octanol–water partition coefficient (Wildman–Crippen LogP) is 2.34. The van der Waals surface area contributed by atoms with Gasteiger partial charge in [0.2, 0.25) is 0 Å². The molecule has 0 amide bonds. The molecule has 0 aliphatic heterocycles. The van der Waals surface area contributed by atoms with Crippen LogP contribution in [0.3, 0.4) is 0 Å². The van der Waals surface area contributed by atoms with Gasteiger partial charge >= 0.3 is 5.97 Å². The molecule has 0 aliphatic rings. The van der Waals surface area contributed by atoms with E-state index in [1.807, 2.05) is 31.1 Å². The molecule has 0 aromatic heterocycles. The lowest BCUT2D eigenvalue weighted by Gasteiger charge is -2.16. The van der Waals surface area contributed by atoms with E-state index in [0.717, 1.165) is 17.1 Å². The van der Waals surface area contributed by atoms with Crippen molar-refractivity contribution in [1.29, 1.82) is 0 Å². The third kappa shape index (κ3) is 3.93. The summed E-state index contributed by atoms with van der Waals surface area (Å²) in [5.74, 6) is -0.628. The minimum Gasteiger partial charge on any atom is -0.460 e. The Hall–Kier alpha value is -2.38. The molecule has 0 atom stereocenters. The van der Waals surface area contributed by atoms with Gasteiger partial charge < -0.3 is 9.64 Å². The van der Waals surface area contributed by atoms with Crippen LogP contribution in [0.4, 0.5) is 5.69 Å². The summed E-state index contributed by atoms with van der Waals surface area (Å²) in [5, 5.41) is 1.39. The highest BCUT2D eigenvalue weighted by molar-refractivity contribution is 7.87. The number of anilines is 1. The van der Waals surface area contributed by atoms with Crippen molar-refractivity contribution in [3.05, 3.63) is 49.1 Å². The van der Waals surface area contributed by atoms with Gasteiger partial charge in [0.05, 0.1) is 0 Å². The van der Waals surface area contributed by atoms with Crippen molar-refractivity contribution in [1.82, 2.24) is 0 Å². The maximum Gasteiger partial charge on any atom is 0.330 e. The van der Waals surface area contributed by atoms with Crippen molar-refractivity contribution < 1.29 is 22.1 Å². The number of rotatable bonds is 7. The standard InChI is InChI=1S/C17H19NO5S/c1-4-17(19)22-11-12-23-24(20,21)16-10-6-7-13-14(16)8-5-9-15(13)18(2)3/h4-10H,1,11-12H2,2-3H3. The molecule has 0 radical (unpaired) electrons. The van der Waals surface area contributed by atoms with Crippen molar-refractivity contribution in [2.75, 3.05) is 32.2 Å². The van der Waals surface area contributed by atoms with E-state index >= 15 is 0 Å². The third-order valence-corrected chi connectivity index (χ3v) is 4.71. The first kappa shape index (κ1) is 18.0. The molecule has 0 N–H and O–H groups in total. The number of carbonyl (C=O) groups is 1. The van der Waals surface area contributed by atoms with Gasteiger partial charge in [-0.1, -0.05) is 30.8 Å². The summed E-state index contributed by atoms with van der Waals surface area (Å²) in [5.41, 5.74) is 0.907. The summed E-state index contributed by atoms with van der Waals surface area (Å²) in [7, 11) is -0.191. The van der Waals surface area contributed by atoms with Gasteiger partial charge in [-0.3, -0.25) is 4.18 Å². The van der Waals surface area contributed by atoms with Crippen molar-refractivity contribution in [2.24, 2.45) is 0 Å². The number of hydrogen-bond acceptors (Lipinski definition) is 6. The molecule has 0 fully saturated rings. The Morgan fingerprint density at radius 3 is 2.46 bits per heavy atom. The van der Waals surface area contributed by atoms with Gasteiger partial charge in [-0.15, -0.1) is 0 Å². The maximum atomic E-state index is 12.4. The Kier molecular flexibility index (Phi) is 5.58. The van der Waals surface area contributed by atoms with E-state index in [4.69, 9.17) is 8.92 Å². The zero-order chi connectivity index (χ0) is 17.7. The smallest absolute Gasteiger partial charge is 0.330 e. The molecule has 0 aliphatic carbocycles. The zero-order valence-electron chi connectivity index (χ0n) is 13.6. The van der Waals surface area contributed by atoms with E-state index < -0.39 is 16.1 Å². The van der Waals surface area contributed by atoms with E-state index in [-0.39, 0.29) is 18.1 Å². The molecule has 2 rings (SSSR count). The number of esters is 1. The van der Waals surface area contributed by atoms with Gasteiger partial charge in [0.1, 0.15) is 18.1 Å². The van der Waals surface area contributed by atoms with Crippen molar-refractivity contribution in [3.63, 3.8) is 0 Å². The molecule has 128 valence electrons. The summed E-state index contributed by atoms with van der Waals surface area (Å²) < 4.78 is 34.6. The minimum atomic E-state index is -3.97. The summed E-state index contributed by atoms with van der Waals surface area (Å²) in [6.07, 6.45) is 1.00. The number of benzene rings is 2. The average Bonchev–Trinajstić information content (AvgIpc) is 2.57. The lowest BCUT2D eigenvalue weighted by molar-refractivity contribution is -0.138. The van der Waals surface area contributed by atoms with E-state index in [0.29, 0.717) is 5.39 Å². The molecular weight excluding hydrogens is 330 g/mol. The van der Waals surface area contributed by atoms with Crippen LogP contribution in [0.2, 0.25) is 0 Å². The van der Waals surface area contributed by atoms with Crippen LogP contribution in [0.25, 0.3) is 10.8 Å². The fourth-order valence-electron chi connectivity index (χ4n) is 2.28. The quantitative estimate of drug-likeness (QED) is 0.331. The second kappa shape index (κ2) is 7.46. The first-order chi connectivity index (χ1) is 11.4. The number of hydrogen-bond donors (Lipinski definition) is 0. The minimum absolute atomic E-state index is 0.0822. The molecule has 0 bridgehead atoms. The Morgan fingerprint density at radius 1 is 1.12 bits per heavy atom. The highest BCUT2D eigenvalue weighted by atomic mass is 32.2. The summed E-state index contributed by atoms with van der Waals surface area (Å²) in [6.45, 7) is 2.83. The van der Waals surface area contributed by atoms with Crippen molar-refractivity contribution in [2.45, 2.75) is 4.90 Å². The van der Waals surface area contributed by atoms with Crippen molar-refractivity contribution >= 4 is 32.5 Å². The lowest BCUT2D eigenvalue weighted by Crippen LogP contribution is -2.14. The third-order valence-electron chi connectivity index (χ3n) is 3.34. The van der Waals surface area contributed by atoms with Crippen LogP contribution in [0, 0.1) is 0 Å². The van der Waals surface area contributed by atoms with E-state index in [1.54, 1.807) is 18.2 Å². The van der Waals surface area contributed by atoms with Gasteiger partial charge in [0.25, 0.3) is 10.1 Å². The average molecular weight is 349 g/mol. The van der Waals surface area contributed by atoms with Crippen LogP contribution in [0.15, 0.2) is 53.9 Å². The number of nitrogens with zero attached hydrogens (tertiary/aromatic N) is 1. The van der Waals surface area contributed by atoms with Crippen LogP contribution >= 0.6 is 0 Å². The maximum absolute atomic E-state index is 12.4. The summed E-state index contributed by atoms with van der Waals surface area (Å²) in [6, 6.07) is 10.5. The molecular formula is C17H19NO5S. The van der Waals surface area contributed by atoms with E-state index in [1.165, 1.54) is 6.07 Å². The van der Waals surface area contributed by atoms with Gasteiger partial charge in [0, 0.05) is 36.6 Å². The molecule has 24 heavy (non-hydrogen) atoms. The Labute approximate surface area is 141 Å². The van der Waals surface area contributed by atoms with Crippen LogP contribution in [-0.4, -0.2) is 41.7 Å². The zero-order valence-corrected chi connectivity index (χ0v) is 14.4. The largest absolute Gasteiger partial charge is 0.460 e. The normalized spacial score (nSPS) is 11.2.